The second-order valence-corrected chi connectivity index (χ2v) is 9.61. The highest BCUT2D eigenvalue weighted by atomic mass is 127. The van der Waals surface area contributed by atoms with Gasteiger partial charge in [0.15, 0.2) is 0 Å². The SMILES string of the molecule is Cc1ccc(Oc2ccccc2I)c(S(=O)(=O)NC(=O)NC(C)(C)C)c1. The number of carbonyl (C=O) groups is 1. The van der Waals surface area contributed by atoms with E-state index in [1.165, 1.54) is 6.07 Å². The average Bonchev–Trinajstić information content (AvgIpc) is 2.48. The molecule has 0 unspecified atom stereocenters. The number of benzene rings is 2. The summed E-state index contributed by atoms with van der Waals surface area (Å²) < 4.78 is 34.1. The summed E-state index contributed by atoms with van der Waals surface area (Å²) >= 11 is 2.11. The lowest BCUT2D eigenvalue weighted by Gasteiger charge is -2.21. The number of nitrogens with one attached hydrogen (secondary N) is 2. The van der Waals surface area contributed by atoms with Gasteiger partial charge in [0.1, 0.15) is 16.4 Å². The molecule has 0 heterocycles. The van der Waals surface area contributed by atoms with Gasteiger partial charge in [0.25, 0.3) is 10.0 Å². The fourth-order valence-corrected chi connectivity index (χ4v) is 3.72. The second-order valence-electron chi connectivity index (χ2n) is 6.79. The number of hydrogen-bond donors (Lipinski definition) is 2. The van der Waals surface area contributed by atoms with Crippen LogP contribution in [0.1, 0.15) is 26.3 Å². The average molecular weight is 488 g/mol. The normalized spacial score (nSPS) is 11.7. The lowest BCUT2D eigenvalue weighted by Crippen LogP contribution is -2.48. The Kier molecular flexibility index (Phi) is 6.17. The van der Waals surface area contributed by atoms with Crippen LogP contribution in [0.15, 0.2) is 47.4 Å². The number of rotatable bonds is 4. The highest BCUT2D eigenvalue weighted by Gasteiger charge is 2.25. The maximum atomic E-state index is 12.7. The van der Waals surface area contributed by atoms with Gasteiger partial charge >= 0.3 is 6.03 Å². The molecule has 0 spiro atoms. The molecule has 0 bridgehead atoms. The van der Waals surface area contributed by atoms with Crippen LogP contribution in [0.3, 0.4) is 0 Å². The van der Waals surface area contributed by atoms with E-state index in [-0.39, 0.29) is 10.6 Å². The molecule has 0 saturated heterocycles. The Morgan fingerprint density at radius 1 is 1.08 bits per heavy atom. The van der Waals surface area contributed by atoms with Crippen molar-refractivity contribution < 1.29 is 17.9 Å². The van der Waals surface area contributed by atoms with E-state index >= 15 is 0 Å². The lowest BCUT2D eigenvalue weighted by molar-refractivity contribution is 0.237. The predicted molar refractivity (Wildman–Crippen MR) is 109 cm³/mol. The fourth-order valence-electron chi connectivity index (χ4n) is 2.10. The van der Waals surface area contributed by atoms with E-state index < -0.39 is 21.6 Å². The molecule has 6 nitrogen and oxygen atoms in total. The van der Waals surface area contributed by atoms with E-state index in [0.29, 0.717) is 5.75 Å². The van der Waals surface area contributed by atoms with Crippen molar-refractivity contribution in [2.24, 2.45) is 0 Å². The van der Waals surface area contributed by atoms with Gasteiger partial charge in [-0.2, -0.15) is 0 Å². The molecular formula is C18H21IN2O4S. The molecule has 0 atom stereocenters. The van der Waals surface area contributed by atoms with Gasteiger partial charge in [-0.1, -0.05) is 18.2 Å². The highest BCUT2D eigenvalue weighted by Crippen LogP contribution is 2.32. The molecule has 2 aromatic carbocycles. The quantitative estimate of drug-likeness (QED) is 0.633. The first kappa shape index (κ1) is 20.5. The number of halogens is 1. The molecule has 8 heteroatoms. The van der Waals surface area contributed by atoms with Crippen LogP contribution in [-0.2, 0) is 10.0 Å². The molecule has 0 aromatic heterocycles. The topological polar surface area (TPSA) is 84.5 Å². The standard InChI is InChI=1S/C18H21IN2O4S/c1-12-9-10-15(25-14-8-6-5-7-13(14)19)16(11-12)26(23,24)21-17(22)20-18(2,3)4/h5-11H,1-4H3,(H2,20,21,22). The van der Waals surface area contributed by atoms with Crippen molar-refractivity contribution in [1.29, 1.82) is 0 Å². The van der Waals surface area contributed by atoms with Gasteiger partial charge in [-0.15, -0.1) is 0 Å². The summed E-state index contributed by atoms with van der Waals surface area (Å²) in [6, 6.07) is 11.3. The van der Waals surface area contributed by atoms with Gasteiger partial charge < -0.3 is 10.1 Å². The Balaban J connectivity index is 2.37. The number of aryl methyl sites for hydroxylation is 1. The minimum absolute atomic E-state index is 0.0961. The number of carbonyl (C=O) groups excluding carboxylic acids is 1. The lowest BCUT2D eigenvalue weighted by atomic mass is 10.1. The van der Waals surface area contributed by atoms with Crippen LogP contribution in [0.5, 0.6) is 11.5 Å². The number of sulfonamides is 1. The fraction of sp³-hybridized carbons (Fsp3) is 0.278. The Hall–Kier alpha value is -1.81. The van der Waals surface area contributed by atoms with Gasteiger partial charge in [-0.25, -0.2) is 17.9 Å². The molecule has 140 valence electrons. The van der Waals surface area contributed by atoms with Crippen LogP contribution in [0.25, 0.3) is 0 Å². The molecule has 2 N–H and O–H groups in total. The summed E-state index contributed by atoms with van der Waals surface area (Å²) in [7, 11) is -4.11. The third kappa shape index (κ3) is 5.60. The smallest absolute Gasteiger partial charge is 0.329 e. The van der Waals surface area contributed by atoms with Crippen molar-refractivity contribution in [3.05, 3.63) is 51.6 Å². The van der Waals surface area contributed by atoms with E-state index in [1.54, 1.807) is 52.0 Å². The highest BCUT2D eigenvalue weighted by molar-refractivity contribution is 14.1. The first-order chi connectivity index (χ1) is 12.0. The first-order valence-electron chi connectivity index (χ1n) is 7.86. The molecule has 0 aliphatic heterocycles. The van der Waals surface area contributed by atoms with Gasteiger partial charge in [0.05, 0.1) is 3.57 Å². The number of amides is 2. The molecule has 0 aliphatic rings. The van der Waals surface area contributed by atoms with Gasteiger partial charge in [-0.05, 0) is 80.1 Å². The summed E-state index contributed by atoms with van der Waals surface area (Å²) in [4.78, 5) is 11.9. The molecule has 26 heavy (non-hydrogen) atoms. The zero-order chi connectivity index (χ0) is 19.5. The molecule has 2 rings (SSSR count). The molecular weight excluding hydrogens is 467 g/mol. The third-order valence-electron chi connectivity index (χ3n) is 3.16. The predicted octanol–water partition coefficient (Wildman–Crippen LogP) is 4.18. The van der Waals surface area contributed by atoms with E-state index in [0.717, 1.165) is 9.13 Å². The Morgan fingerprint density at radius 2 is 1.73 bits per heavy atom. The Labute approximate surface area is 167 Å². The minimum Gasteiger partial charge on any atom is -0.455 e. The van der Waals surface area contributed by atoms with Crippen LogP contribution in [0.4, 0.5) is 4.79 Å². The van der Waals surface area contributed by atoms with Crippen molar-refractivity contribution in [1.82, 2.24) is 10.0 Å². The molecule has 2 aromatic rings. The molecule has 0 aliphatic carbocycles. The molecule has 0 saturated carbocycles. The van der Waals surface area contributed by atoms with Crippen LogP contribution >= 0.6 is 22.6 Å². The molecule has 0 fully saturated rings. The van der Waals surface area contributed by atoms with Gasteiger partial charge in [0.2, 0.25) is 0 Å². The summed E-state index contributed by atoms with van der Waals surface area (Å²) in [6.07, 6.45) is 0. The maximum Gasteiger partial charge on any atom is 0.329 e. The zero-order valence-corrected chi connectivity index (χ0v) is 17.9. The molecule has 2 amide bonds. The van der Waals surface area contributed by atoms with Crippen molar-refractivity contribution in [3.8, 4) is 11.5 Å². The monoisotopic (exact) mass is 488 g/mol. The minimum atomic E-state index is -4.11. The summed E-state index contributed by atoms with van der Waals surface area (Å²) in [5.74, 6) is 0.684. The van der Waals surface area contributed by atoms with E-state index in [2.05, 4.69) is 27.9 Å². The van der Waals surface area contributed by atoms with Crippen LogP contribution in [-0.4, -0.2) is 20.0 Å². The van der Waals surface area contributed by atoms with Crippen molar-refractivity contribution in [2.75, 3.05) is 0 Å². The summed E-state index contributed by atoms with van der Waals surface area (Å²) in [5.41, 5.74) is 0.169. The number of hydrogen-bond acceptors (Lipinski definition) is 4. The summed E-state index contributed by atoms with van der Waals surface area (Å²) in [5, 5.41) is 2.57. The second kappa shape index (κ2) is 7.83. The number of urea groups is 1. The van der Waals surface area contributed by atoms with Crippen molar-refractivity contribution in [3.63, 3.8) is 0 Å². The van der Waals surface area contributed by atoms with E-state index in [4.69, 9.17) is 4.74 Å². The van der Waals surface area contributed by atoms with Crippen molar-refractivity contribution >= 4 is 38.6 Å². The number of ether oxygens (including phenoxy) is 1. The van der Waals surface area contributed by atoms with Gasteiger partial charge in [-0.3, -0.25) is 0 Å². The van der Waals surface area contributed by atoms with Crippen LogP contribution < -0.4 is 14.8 Å². The first-order valence-corrected chi connectivity index (χ1v) is 10.4. The summed E-state index contributed by atoms with van der Waals surface area (Å²) in [6.45, 7) is 7.05. The van der Waals surface area contributed by atoms with Crippen LogP contribution in [0.2, 0.25) is 0 Å². The van der Waals surface area contributed by atoms with E-state index in [1.807, 2.05) is 16.9 Å². The van der Waals surface area contributed by atoms with E-state index in [9.17, 15) is 13.2 Å². The van der Waals surface area contributed by atoms with Crippen LogP contribution in [0, 0.1) is 10.5 Å². The maximum absolute atomic E-state index is 12.7. The molecule has 0 radical (unpaired) electrons. The Bertz CT molecular complexity index is 921. The van der Waals surface area contributed by atoms with Crippen molar-refractivity contribution in [2.45, 2.75) is 38.1 Å². The third-order valence-corrected chi connectivity index (χ3v) is 5.40. The largest absolute Gasteiger partial charge is 0.455 e. The zero-order valence-electron chi connectivity index (χ0n) is 15.0. The Morgan fingerprint density at radius 3 is 2.35 bits per heavy atom. The van der Waals surface area contributed by atoms with Gasteiger partial charge in [0, 0.05) is 5.54 Å². The number of para-hydroxylation sites is 1.